The van der Waals surface area contributed by atoms with Crippen LogP contribution in [-0.2, 0) is 14.8 Å². The molecule has 0 N–H and O–H groups in total. The maximum absolute atomic E-state index is 12.3. The van der Waals surface area contributed by atoms with E-state index in [-0.39, 0.29) is 21.4 Å². The Hall–Kier alpha value is -1.72. The topological polar surface area (TPSA) is 63.6 Å². The summed E-state index contributed by atoms with van der Waals surface area (Å²) in [4.78, 5) is 11.8. The minimum Gasteiger partial charge on any atom is -0.288 e. The molecule has 2 rings (SSSR count). The fourth-order valence-corrected chi connectivity index (χ4v) is 3.10. The van der Waals surface area contributed by atoms with Crippen LogP contribution in [0.1, 0.15) is 19.4 Å². The Labute approximate surface area is 128 Å². The fourth-order valence-electron chi connectivity index (χ4n) is 1.82. The van der Waals surface area contributed by atoms with Crippen LogP contribution in [0.2, 0.25) is 0 Å². The van der Waals surface area contributed by atoms with Crippen molar-refractivity contribution < 1.29 is 13.2 Å². The van der Waals surface area contributed by atoms with Gasteiger partial charge < -0.3 is 0 Å². The highest BCUT2D eigenvalue weighted by molar-refractivity contribution is 7.90. The maximum Gasteiger partial charge on any atom is 0.282 e. The highest BCUT2D eigenvalue weighted by Gasteiger charge is 2.23. The Bertz CT molecular complexity index is 800. The van der Waals surface area contributed by atoms with Crippen LogP contribution in [0.4, 0.5) is 0 Å². The number of carbonyl (C=O) groups excluding carboxylic acids is 1. The third kappa shape index (κ3) is 3.14. The Morgan fingerprint density at radius 2 is 1.57 bits per heavy atom. The van der Waals surface area contributed by atoms with Crippen LogP contribution in [0.25, 0.3) is 0 Å². The van der Waals surface area contributed by atoms with Gasteiger partial charge in [-0.05, 0) is 44.6 Å². The minimum absolute atomic E-state index is 0.0315. The van der Waals surface area contributed by atoms with Gasteiger partial charge >= 0.3 is 0 Å². The van der Waals surface area contributed by atoms with Crippen molar-refractivity contribution in [1.82, 2.24) is 0 Å². The largest absolute Gasteiger partial charge is 0.288 e. The van der Waals surface area contributed by atoms with Gasteiger partial charge in [-0.15, -0.1) is 0 Å². The van der Waals surface area contributed by atoms with E-state index in [4.69, 9.17) is 11.6 Å². The number of ketones is 1. The second-order valence-electron chi connectivity index (χ2n) is 4.84. The molecule has 1 aliphatic carbocycles. The molecule has 0 fully saturated rings. The van der Waals surface area contributed by atoms with Gasteiger partial charge in [-0.2, -0.15) is 12.8 Å². The summed E-state index contributed by atoms with van der Waals surface area (Å²) in [6.07, 6.45) is 1.29. The number of rotatable bonds is 2. The lowest BCUT2D eigenvalue weighted by Gasteiger charge is -2.13. The first-order valence-electron chi connectivity index (χ1n) is 6.24. The van der Waals surface area contributed by atoms with E-state index in [0.717, 1.165) is 5.56 Å². The van der Waals surface area contributed by atoms with Gasteiger partial charge in [-0.25, -0.2) is 0 Å². The molecule has 0 spiro atoms. The van der Waals surface area contributed by atoms with Gasteiger partial charge in [0.05, 0.1) is 15.6 Å². The summed E-state index contributed by atoms with van der Waals surface area (Å²) in [5.74, 6) is -0.305. The lowest BCUT2D eigenvalue weighted by molar-refractivity contribution is -0.111. The molecule has 0 amide bonds. The maximum atomic E-state index is 12.3. The van der Waals surface area contributed by atoms with Crippen molar-refractivity contribution in [3.63, 3.8) is 0 Å². The predicted molar refractivity (Wildman–Crippen MR) is 83.1 cm³/mol. The number of allylic oxidation sites excluding steroid dienone is 4. The zero-order valence-electron chi connectivity index (χ0n) is 11.8. The Kier molecular flexibility index (Phi) is 4.16. The van der Waals surface area contributed by atoms with Crippen LogP contribution in [0, 0.1) is 6.92 Å². The standard InChI is InChI=1S/C15H14ClNO3S/c1-9-4-6-12(7-5-9)21(19,20)17-14-8-13(16)15(18)11(3)10(14)2/h4-8H,1-3H3. The molecule has 1 aliphatic rings. The van der Waals surface area contributed by atoms with Crippen molar-refractivity contribution in [2.75, 3.05) is 0 Å². The number of hydrogen-bond acceptors (Lipinski definition) is 3. The summed E-state index contributed by atoms with van der Waals surface area (Å²) in [5.41, 5.74) is 2.07. The predicted octanol–water partition coefficient (Wildman–Crippen LogP) is 3.17. The molecule has 0 heterocycles. The number of halogens is 1. The summed E-state index contributed by atoms with van der Waals surface area (Å²) in [6, 6.07) is 6.41. The van der Waals surface area contributed by atoms with Crippen molar-refractivity contribution in [1.29, 1.82) is 0 Å². The molecule has 0 unspecified atom stereocenters. The Morgan fingerprint density at radius 3 is 2.14 bits per heavy atom. The lowest BCUT2D eigenvalue weighted by atomic mass is 9.97. The van der Waals surface area contributed by atoms with Crippen molar-refractivity contribution in [3.05, 3.63) is 52.1 Å². The molecular weight excluding hydrogens is 310 g/mol. The summed E-state index contributed by atoms with van der Waals surface area (Å²) in [6.45, 7) is 5.12. The van der Waals surface area contributed by atoms with Crippen molar-refractivity contribution in [2.24, 2.45) is 4.40 Å². The van der Waals surface area contributed by atoms with Gasteiger partial charge in [0.2, 0.25) is 0 Å². The fraction of sp³-hybridized carbons (Fsp3) is 0.200. The summed E-state index contributed by atoms with van der Waals surface area (Å²) >= 11 is 5.82. The normalized spacial score (nSPS) is 18.2. The SMILES string of the molecule is CC1=C(C)C(=NS(=O)(=O)c2ccc(C)cc2)C=C(Cl)C1=O. The zero-order chi connectivity index (χ0) is 15.8. The minimum atomic E-state index is -3.83. The summed E-state index contributed by atoms with van der Waals surface area (Å²) in [7, 11) is -3.83. The van der Waals surface area contributed by atoms with Gasteiger partial charge in [0.25, 0.3) is 10.0 Å². The number of benzene rings is 1. The molecule has 0 radical (unpaired) electrons. The lowest BCUT2D eigenvalue weighted by Crippen LogP contribution is -2.15. The third-order valence-electron chi connectivity index (χ3n) is 3.31. The van der Waals surface area contributed by atoms with Gasteiger partial charge in [-0.1, -0.05) is 29.3 Å². The zero-order valence-corrected chi connectivity index (χ0v) is 13.4. The molecule has 21 heavy (non-hydrogen) atoms. The van der Waals surface area contributed by atoms with Gasteiger partial charge in [0.1, 0.15) is 0 Å². The van der Waals surface area contributed by atoms with E-state index in [9.17, 15) is 13.2 Å². The van der Waals surface area contributed by atoms with Crippen LogP contribution < -0.4 is 0 Å². The first-order chi connectivity index (χ1) is 9.72. The number of aryl methyl sites for hydroxylation is 1. The van der Waals surface area contributed by atoms with Gasteiger partial charge in [0, 0.05) is 5.57 Å². The monoisotopic (exact) mass is 323 g/mol. The second kappa shape index (κ2) is 5.58. The molecule has 0 atom stereocenters. The number of nitrogens with zero attached hydrogens (tertiary/aromatic N) is 1. The van der Waals surface area contributed by atoms with Crippen LogP contribution in [0.15, 0.2) is 55.8 Å². The Morgan fingerprint density at radius 1 is 1.00 bits per heavy atom. The van der Waals surface area contributed by atoms with E-state index >= 15 is 0 Å². The van der Waals surface area contributed by atoms with E-state index in [0.29, 0.717) is 11.1 Å². The number of hydrogen-bond donors (Lipinski definition) is 0. The average Bonchev–Trinajstić information content (AvgIpc) is 2.42. The number of Topliss-reactive ketones (excluding diaryl/α,β-unsaturated/α-hetero) is 1. The number of carbonyl (C=O) groups is 1. The van der Waals surface area contributed by atoms with Crippen LogP contribution in [-0.4, -0.2) is 19.9 Å². The Balaban J connectivity index is 2.52. The van der Waals surface area contributed by atoms with Crippen LogP contribution in [0.5, 0.6) is 0 Å². The smallest absolute Gasteiger partial charge is 0.282 e. The molecule has 4 nitrogen and oxygen atoms in total. The van der Waals surface area contributed by atoms with E-state index < -0.39 is 10.0 Å². The molecule has 0 saturated carbocycles. The number of sulfonamides is 1. The average molecular weight is 324 g/mol. The molecule has 110 valence electrons. The molecule has 0 aliphatic heterocycles. The van der Waals surface area contributed by atoms with Crippen LogP contribution in [0.3, 0.4) is 0 Å². The first-order valence-corrected chi connectivity index (χ1v) is 8.05. The molecule has 1 aromatic carbocycles. The van der Waals surface area contributed by atoms with Crippen molar-refractivity contribution >= 4 is 33.1 Å². The molecule has 1 aromatic rings. The molecular formula is C15H14ClNO3S. The van der Waals surface area contributed by atoms with Gasteiger partial charge in [-0.3, -0.25) is 4.79 Å². The summed E-state index contributed by atoms with van der Waals surface area (Å²) in [5, 5.41) is -0.0315. The third-order valence-corrected chi connectivity index (χ3v) is 4.89. The highest BCUT2D eigenvalue weighted by atomic mass is 35.5. The van der Waals surface area contributed by atoms with Crippen LogP contribution >= 0.6 is 11.6 Å². The second-order valence-corrected chi connectivity index (χ2v) is 6.85. The quantitative estimate of drug-likeness (QED) is 0.785. The molecule has 0 bridgehead atoms. The van der Waals surface area contributed by atoms with E-state index in [1.165, 1.54) is 18.2 Å². The van der Waals surface area contributed by atoms with Crippen molar-refractivity contribution in [2.45, 2.75) is 25.7 Å². The van der Waals surface area contributed by atoms with E-state index in [2.05, 4.69) is 4.40 Å². The summed E-state index contributed by atoms with van der Waals surface area (Å²) < 4.78 is 28.4. The first kappa shape index (κ1) is 15.7. The van der Waals surface area contributed by atoms with Crippen molar-refractivity contribution in [3.8, 4) is 0 Å². The van der Waals surface area contributed by atoms with Gasteiger partial charge in [0.15, 0.2) is 5.78 Å². The molecule has 0 saturated heterocycles. The molecule has 6 heteroatoms. The van der Waals surface area contributed by atoms with E-state index in [1.807, 2.05) is 6.92 Å². The highest BCUT2D eigenvalue weighted by Crippen LogP contribution is 2.23. The van der Waals surface area contributed by atoms with E-state index in [1.54, 1.807) is 26.0 Å². The molecule has 0 aromatic heterocycles.